The summed E-state index contributed by atoms with van der Waals surface area (Å²) in [5, 5.41) is 0. The first-order valence-electron chi connectivity index (χ1n) is 3.40. The van der Waals surface area contributed by atoms with Crippen molar-refractivity contribution in [2.75, 3.05) is 0 Å². The Kier molecular flexibility index (Phi) is 1.01. The fourth-order valence-corrected chi connectivity index (χ4v) is 1.30. The fourth-order valence-electron chi connectivity index (χ4n) is 1.30. The molecule has 1 aliphatic carbocycles. The summed E-state index contributed by atoms with van der Waals surface area (Å²) < 4.78 is 0. The Hall–Kier alpha value is -0.850. The molecule has 2 aliphatic rings. The number of rotatable bonds is 0. The number of hydrogen-bond acceptors (Lipinski definition) is 1. The summed E-state index contributed by atoms with van der Waals surface area (Å²) in [6, 6.07) is 0. The molecule has 1 heterocycles. The van der Waals surface area contributed by atoms with Gasteiger partial charge < -0.3 is 0 Å². The molecular weight excluding hydrogens is 110 g/mol. The van der Waals surface area contributed by atoms with Crippen LogP contribution in [0, 0.1) is 0 Å². The predicted molar refractivity (Wildman–Crippen MR) is 38.5 cm³/mol. The molecule has 0 amide bonds. The van der Waals surface area contributed by atoms with Crippen LogP contribution in [0.1, 0.15) is 19.3 Å². The van der Waals surface area contributed by atoms with Gasteiger partial charge in [-0.3, -0.25) is 4.99 Å². The zero-order chi connectivity index (χ0) is 6.10. The van der Waals surface area contributed by atoms with Gasteiger partial charge in [-0.15, -0.1) is 0 Å². The van der Waals surface area contributed by atoms with Crippen molar-refractivity contribution in [2.45, 2.75) is 19.3 Å². The normalized spacial score (nSPS) is 23.1. The van der Waals surface area contributed by atoms with Crippen LogP contribution in [0.2, 0.25) is 0 Å². The minimum absolute atomic E-state index is 1.18. The molecule has 0 aromatic carbocycles. The molecule has 0 saturated heterocycles. The van der Waals surface area contributed by atoms with Gasteiger partial charge in [0.25, 0.3) is 0 Å². The van der Waals surface area contributed by atoms with Gasteiger partial charge in [-0.2, -0.15) is 0 Å². The van der Waals surface area contributed by atoms with Gasteiger partial charge in [-0.1, -0.05) is 6.08 Å². The fraction of sp³-hybridized carbons (Fsp3) is 0.375. The van der Waals surface area contributed by atoms with Crippen molar-refractivity contribution >= 4 is 5.71 Å². The van der Waals surface area contributed by atoms with Gasteiger partial charge in [0.05, 0.1) is 0 Å². The molecule has 1 heteroatoms. The molecular formula is C8H9N. The molecule has 0 aromatic rings. The van der Waals surface area contributed by atoms with Crippen molar-refractivity contribution in [3.05, 3.63) is 23.9 Å². The van der Waals surface area contributed by atoms with Crippen molar-refractivity contribution < 1.29 is 0 Å². The minimum Gasteiger partial charge on any atom is -0.261 e. The summed E-state index contributed by atoms with van der Waals surface area (Å²) in [6.07, 6.45) is 9.95. The molecule has 0 bridgehead atoms. The maximum atomic E-state index is 4.23. The van der Waals surface area contributed by atoms with Gasteiger partial charge in [0.15, 0.2) is 0 Å². The molecule has 0 spiro atoms. The highest BCUT2D eigenvalue weighted by Crippen LogP contribution is 2.20. The van der Waals surface area contributed by atoms with Crippen molar-refractivity contribution in [1.82, 2.24) is 0 Å². The van der Waals surface area contributed by atoms with Crippen LogP contribution in [0.4, 0.5) is 0 Å². The van der Waals surface area contributed by atoms with Crippen LogP contribution in [-0.4, -0.2) is 5.71 Å². The Labute approximate surface area is 54.8 Å². The van der Waals surface area contributed by atoms with Gasteiger partial charge in [-0.25, -0.2) is 0 Å². The van der Waals surface area contributed by atoms with Gasteiger partial charge >= 0.3 is 0 Å². The molecule has 46 valence electrons. The Morgan fingerprint density at radius 1 is 1.44 bits per heavy atom. The van der Waals surface area contributed by atoms with E-state index in [1.54, 1.807) is 0 Å². The lowest BCUT2D eigenvalue weighted by molar-refractivity contribution is 0.874. The molecule has 1 nitrogen and oxygen atoms in total. The van der Waals surface area contributed by atoms with Crippen LogP contribution in [0.15, 0.2) is 28.9 Å². The molecule has 0 saturated carbocycles. The number of fused-ring (bicyclic) bond motifs is 1. The second-order valence-electron chi connectivity index (χ2n) is 2.44. The summed E-state index contributed by atoms with van der Waals surface area (Å²) in [7, 11) is 0. The third-order valence-corrected chi connectivity index (χ3v) is 1.80. The zero-order valence-corrected chi connectivity index (χ0v) is 5.30. The number of hydrogen-bond donors (Lipinski definition) is 0. The Bertz CT molecular complexity index is 209. The second-order valence-corrected chi connectivity index (χ2v) is 2.44. The van der Waals surface area contributed by atoms with Crippen LogP contribution in [0.25, 0.3) is 0 Å². The van der Waals surface area contributed by atoms with Gasteiger partial charge in [0.2, 0.25) is 0 Å². The maximum Gasteiger partial charge on any atom is 0.0473 e. The van der Waals surface area contributed by atoms with E-state index in [0.29, 0.717) is 0 Å². The first kappa shape index (κ1) is 4.98. The molecule has 0 atom stereocenters. The lowest BCUT2D eigenvalue weighted by Crippen LogP contribution is -2.01. The third kappa shape index (κ3) is 0.727. The predicted octanol–water partition coefficient (Wildman–Crippen LogP) is 2.06. The Morgan fingerprint density at radius 2 is 2.44 bits per heavy atom. The highest BCUT2D eigenvalue weighted by molar-refractivity contribution is 6.05. The topological polar surface area (TPSA) is 12.4 Å². The van der Waals surface area contributed by atoms with E-state index < -0.39 is 0 Å². The molecule has 2 rings (SSSR count). The van der Waals surface area contributed by atoms with Crippen LogP contribution < -0.4 is 0 Å². The van der Waals surface area contributed by atoms with Crippen LogP contribution in [-0.2, 0) is 0 Å². The summed E-state index contributed by atoms with van der Waals surface area (Å²) in [6.45, 7) is 0. The number of allylic oxidation sites excluding steroid dienone is 3. The summed E-state index contributed by atoms with van der Waals surface area (Å²) in [5.41, 5.74) is 2.66. The Balaban J connectivity index is 2.38. The van der Waals surface area contributed by atoms with E-state index in [1.165, 1.54) is 30.5 Å². The average Bonchev–Trinajstić information content (AvgIpc) is 2.33. The monoisotopic (exact) mass is 119 g/mol. The first-order valence-corrected chi connectivity index (χ1v) is 3.40. The minimum atomic E-state index is 1.18. The third-order valence-electron chi connectivity index (χ3n) is 1.80. The highest BCUT2D eigenvalue weighted by Gasteiger charge is 2.10. The Morgan fingerprint density at radius 3 is 3.33 bits per heavy atom. The standard InChI is InChI=1S/C8H9N/c1-2-4-8-7(3-1)5-6-9-8/h3,5-6H,1-2,4H2. The summed E-state index contributed by atoms with van der Waals surface area (Å²) in [4.78, 5) is 4.23. The zero-order valence-electron chi connectivity index (χ0n) is 5.30. The quantitative estimate of drug-likeness (QED) is 0.463. The molecule has 0 fully saturated rings. The molecule has 0 aromatic heterocycles. The largest absolute Gasteiger partial charge is 0.261 e. The lowest BCUT2D eigenvalue weighted by Gasteiger charge is -2.07. The smallest absolute Gasteiger partial charge is 0.0473 e. The van der Waals surface area contributed by atoms with Crippen molar-refractivity contribution in [2.24, 2.45) is 4.99 Å². The molecule has 9 heavy (non-hydrogen) atoms. The van der Waals surface area contributed by atoms with Crippen molar-refractivity contribution in [1.29, 1.82) is 0 Å². The number of nitrogens with zero attached hydrogens (tertiary/aromatic N) is 1. The van der Waals surface area contributed by atoms with E-state index in [-0.39, 0.29) is 0 Å². The van der Waals surface area contributed by atoms with E-state index in [9.17, 15) is 0 Å². The van der Waals surface area contributed by atoms with E-state index in [1.807, 2.05) is 6.20 Å². The molecule has 0 unspecified atom stereocenters. The average molecular weight is 119 g/mol. The maximum absolute atomic E-state index is 4.23. The van der Waals surface area contributed by atoms with E-state index in [2.05, 4.69) is 17.1 Å². The van der Waals surface area contributed by atoms with Gasteiger partial charge in [0, 0.05) is 11.9 Å². The molecule has 0 radical (unpaired) electrons. The van der Waals surface area contributed by atoms with Crippen molar-refractivity contribution in [3.63, 3.8) is 0 Å². The second kappa shape index (κ2) is 1.83. The molecule has 0 N–H and O–H groups in total. The first-order chi connectivity index (χ1) is 4.47. The van der Waals surface area contributed by atoms with Crippen LogP contribution in [0.3, 0.4) is 0 Å². The summed E-state index contributed by atoms with van der Waals surface area (Å²) in [5.74, 6) is 0. The van der Waals surface area contributed by atoms with Crippen molar-refractivity contribution in [3.8, 4) is 0 Å². The van der Waals surface area contributed by atoms with Crippen LogP contribution >= 0.6 is 0 Å². The SMILES string of the molecule is C1=CC2=CCCCC2=N1. The van der Waals surface area contributed by atoms with E-state index in [0.717, 1.165) is 0 Å². The van der Waals surface area contributed by atoms with Crippen LogP contribution in [0.5, 0.6) is 0 Å². The van der Waals surface area contributed by atoms with E-state index >= 15 is 0 Å². The van der Waals surface area contributed by atoms with E-state index in [4.69, 9.17) is 0 Å². The van der Waals surface area contributed by atoms with Gasteiger partial charge in [-0.05, 0) is 30.9 Å². The summed E-state index contributed by atoms with van der Waals surface area (Å²) >= 11 is 0. The molecule has 1 aliphatic heterocycles. The van der Waals surface area contributed by atoms with Gasteiger partial charge in [0.1, 0.15) is 0 Å². The lowest BCUT2D eigenvalue weighted by atomic mass is 9.99. The number of aliphatic imine (C=N–C) groups is 1. The highest BCUT2D eigenvalue weighted by atomic mass is 14.7.